The van der Waals surface area contributed by atoms with Crippen molar-refractivity contribution in [3.8, 4) is 0 Å². The summed E-state index contributed by atoms with van der Waals surface area (Å²) in [5, 5.41) is 7.04. The van der Waals surface area contributed by atoms with Crippen LogP contribution in [0.25, 0.3) is 0 Å². The summed E-state index contributed by atoms with van der Waals surface area (Å²) in [5.41, 5.74) is 3.06. The lowest BCUT2D eigenvalue weighted by Crippen LogP contribution is -2.09. The normalized spacial score (nSPS) is 10.2. The van der Waals surface area contributed by atoms with E-state index in [9.17, 15) is 4.79 Å². The number of anilines is 3. The van der Waals surface area contributed by atoms with E-state index in [4.69, 9.17) is 23.2 Å². The molecule has 2 aromatic rings. The molecule has 0 aliphatic heterocycles. The maximum Gasteiger partial charge on any atom is 0.221 e. The fourth-order valence-electron chi connectivity index (χ4n) is 1.87. The number of hydrogen-bond donors (Lipinski definition) is 2. The van der Waals surface area contributed by atoms with Crippen molar-refractivity contribution in [1.29, 1.82) is 0 Å². The second-order valence-electron chi connectivity index (χ2n) is 4.40. The third kappa shape index (κ3) is 3.24. The van der Waals surface area contributed by atoms with Gasteiger partial charge < -0.3 is 10.6 Å². The molecule has 0 radical (unpaired) electrons. The van der Waals surface area contributed by atoms with E-state index in [2.05, 4.69) is 10.6 Å². The molecule has 0 saturated carbocycles. The summed E-state index contributed by atoms with van der Waals surface area (Å²) in [7, 11) is 0. The maximum absolute atomic E-state index is 11.3. The third-order valence-corrected chi connectivity index (χ3v) is 3.43. The fraction of sp³-hybridized carbons (Fsp3) is 0.133. The van der Waals surface area contributed by atoms with Gasteiger partial charge in [0.05, 0.1) is 27.1 Å². The van der Waals surface area contributed by atoms with E-state index in [1.165, 1.54) is 6.92 Å². The molecule has 0 atom stereocenters. The van der Waals surface area contributed by atoms with Crippen molar-refractivity contribution in [2.75, 3.05) is 10.6 Å². The van der Waals surface area contributed by atoms with Gasteiger partial charge in [0.2, 0.25) is 5.91 Å². The Labute approximate surface area is 127 Å². The molecule has 2 aromatic carbocycles. The van der Waals surface area contributed by atoms with Gasteiger partial charge in [0, 0.05) is 6.92 Å². The van der Waals surface area contributed by atoms with Gasteiger partial charge in [-0.3, -0.25) is 4.79 Å². The molecule has 0 aliphatic carbocycles. The highest BCUT2D eigenvalue weighted by Crippen LogP contribution is 2.36. The maximum atomic E-state index is 11.3. The molecule has 0 aliphatic rings. The summed E-state index contributed by atoms with van der Waals surface area (Å²) < 4.78 is 0. The summed E-state index contributed by atoms with van der Waals surface area (Å²) >= 11 is 12.3. The van der Waals surface area contributed by atoms with E-state index in [0.717, 1.165) is 11.3 Å². The van der Waals surface area contributed by atoms with Crippen LogP contribution in [-0.4, -0.2) is 5.91 Å². The van der Waals surface area contributed by atoms with Crippen molar-refractivity contribution in [3.05, 3.63) is 52.0 Å². The Balaban J connectivity index is 2.45. The van der Waals surface area contributed by atoms with Gasteiger partial charge in [-0.05, 0) is 30.7 Å². The van der Waals surface area contributed by atoms with E-state index < -0.39 is 0 Å². The van der Waals surface area contributed by atoms with Crippen LogP contribution in [0, 0.1) is 6.92 Å². The van der Waals surface area contributed by atoms with E-state index in [1.807, 2.05) is 25.1 Å². The molecule has 0 heterocycles. The van der Waals surface area contributed by atoms with Gasteiger partial charge in [0.25, 0.3) is 0 Å². The summed E-state index contributed by atoms with van der Waals surface area (Å²) in [6.45, 7) is 3.41. The number of carbonyl (C=O) groups is 1. The van der Waals surface area contributed by atoms with Crippen LogP contribution < -0.4 is 10.6 Å². The number of hydrogen-bond acceptors (Lipinski definition) is 2. The van der Waals surface area contributed by atoms with E-state index in [-0.39, 0.29) is 5.91 Å². The van der Waals surface area contributed by atoms with Crippen molar-refractivity contribution in [2.45, 2.75) is 13.8 Å². The Morgan fingerprint density at radius 3 is 2.20 bits per heavy atom. The molecule has 1 amide bonds. The largest absolute Gasteiger partial charge is 0.351 e. The fourth-order valence-corrected chi connectivity index (χ4v) is 2.36. The zero-order valence-corrected chi connectivity index (χ0v) is 12.6. The molecule has 0 unspecified atom stereocenters. The number of benzene rings is 2. The summed E-state index contributed by atoms with van der Waals surface area (Å²) in [4.78, 5) is 11.3. The average Bonchev–Trinajstić information content (AvgIpc) is 2.36. The molecule has 0 saturated heterocycles. The van der Waals surface area contributed by atoms with Crippen LogP contribution in [0.4, 0.5) is 17.1 Å². The highest BCUT2D eigenvalue weighted by molar-refractivity contribution is 6.39. The molecule has 2 rings (SSSR count). The lowest BCUT2D eigenvalue weighted by Gasteiger charge is -2.16. The molecule has 0 bridgehead atoms. The van der Waals surface area contributed by atoms with E-state index >= 15 is 0 Å². The first-order valence-corrected chi connectivity index (χ1v) is 6.83. The molecular formula is C15H14Cl2N2O. The molecular weight excluding hydrogens is 295 g/mol. The quantitative estimate of drug-likeness (QED) is 0.837. The molecule has 0 fully saturated rings. The molecule has 0 spiro atoms. The monoisotopic (exact) mass is 308 g/mol. The van der Waals surface area contributed by atoms with Crippen molar-refractivity contribution in [1.82, 2.24) is 0 Å². The van der Waals surface area contributed by atoms with E-state index in [0.29, 0.717) is 21.4 Å². The smallest absolute Gasteiger partial charge is 0.221 e. The average molecular weight is 309 g/mol. The Hall–Kier alpha value is -1.71. The SMILES string of the molecule is CC(=O)Nc1cccc(C)c1Nc1c(Cl)cccc1Cl. The van der Waals surface area contributed by atoms with Gasteiger partial charge in [0.1, 0.15) is 0 Å². The van der Waals surface area contributed by atoms with Crippen LogP contribution >= 0.6 is 23.2 Å². The minimum absolute atomic E-state index is 0.135. The number of rotatable bonds is 3. The van der Waals surface area contributed by atoms with Gasteiger partial charge >= 0.3 is 0 Å². The minimum atomic E-state index is -0.135. The number of carbonyl (C=O) groups excluding carboxylic acids is 1. The summed E-state index contributed by atoms with van der Waals surface area (Å²) in [6, 6.07) is 10.9. The molecule has 5 heteroatoms. The van der Waals surface area contributed by atoms with Crippen molar-refractivity contribution in [2.24, 2.45) is 0 Å². The number of para-hydroxylation sites is 2. The highest BCUT2D eigenvalue weighted by Gasteiger charge is 2.11. The summed E-state index contributed by atoms with van der Waals surface area (Å²) in [6.07, 6.45) is 0. The van der Waals surface area contributed by atoms with Gasteiger partial charge in [-0.25, -0.2) is 0 Å². The predicted octanol–water partition coefficient (Wildman–Crippen LogP) is 5.00. The Bertz CT molecular complexity index is 636. The van der Waals surface area contributed by atoms with Crippen LogP contribution in [0.5, 0.6) is 0 Å². The first kappa shape index (κ1) is 14.7. The Morgan fingerprint density at radius 1 is 1.00 bits per heavy atom. The molecule has 104 valence electrons. The lowest BCUT2D eigenvalue weighted by molar-refractivity contribution is -0.114. The van der Waals surface area contributed by atoms with Crippen LogP contribution in [0.1, 0.15) is 12.5 Å². The number of aryl methyl sites for hydroxylation is 1. The second-order valence-corrected chi connectivity index (χ2v) is 5.21. The molecule has 20 heavy (non-hydrogen) atoms. The lowest BCUT2D eigenvalue weighted by atomic mass is 10.1. The summed E-state index contributed by atoms with van der Waals surface area (Å²) in [5.74, 6) is -0.135. The Morgan fingerprint density at radius 2 is 1.60 bits per heavy atom. The van der Waals surface area contributed by atoms with Crippen molar-refractivity contribution < 1.29 is 4.79 Å². The van der Waals surface area contributed by atoms with E-state index in [1.54, 1.807) is 18.2 Å². The Kier molecular flexibility index (Phi) is 4.53. The van der Waals surface area contributed by atoms with Crippen LogP contribution in [0.15, 0.2) is 36.4 Å². The van der Waals surface area contributed by atoms with Crippen molar-refractivity contribution in [3.63, 3.8) is 0 Å². The van der Waals surface area contributed by atoms with Gasteiger partial charge in [-0.15, -0.1) is 0 Å². The van der Waals surface area contributed by atoms with Gasteiger partial charge in [-0.2, -0.15) is 0 Å². The van der Waals surface area contributed by atoms with Crippen LogP contribution in [0.2, 0.25) is 10.0 Å². The zero-order chi connectivity index (χ0) is 14.7. The zero-order valence-electron chi connectivity index (χ0n) is 11.1. The number of nitrogens with one attached hydrogen (secondary N) is 2. The van der Waals surface area contributed by atoms with Crippen LogP contribution in [-0.2, 0) is 4.79 Å². The predicted molar refractivity (Wildman–Crippen MR) is 85.2 cm³/mol. The second kappa shape index (κ2) is 6.16. The number of halogens is 2. The minimum Gasteiger partial charge on any atom is -0.351 e. The molecule has 3 nitrogen and oxygen atoms in total. The third-order valence-electron chi connectivity index (χ3n) is 2.80. The van der Waals surface area contributed by atoms with Crippen LogP contribution in [0.3, 0.4) is 0 Å². The number of amides is 1. The molecule has 0 aromatic heterocycles. The molecule has 2 N–H and O–H groups in total. The van der Waals surface area contributed by atoms with Crippen molar-refractivity contribution >= 4 is 46.2 Å². The topological polar surface area (TPSA) is 41.1 Å². The highest BCUT2D eigenvalue weighted by atomic mass is 35.5. The van der Waals surface area contributed by atoms with Gasteiger partial charge in [-0.1, -0.05) is 41.4 Å². The first-order chi connectivity index (χ1) is 9.49. The first-order valence-electron chi connectivity index (χ1n) is 6.07. The van der Waals surface area contributed by atoms with Gasteiger partial charge in [0.15, 0.2) is 0 Å². The standard InChI is InChI=1S/C15H14Cl2N2O/c1-9-5-3-8-13(18-10(2)20)14(9)19-15-11(16)6-4-7-12(15)17/h3-8,19H,1-2H3,(H,18,20).